The minimum atomic E-state index is -3.34. The predicted octanol–water partition coefficient (Wildman–Crippen LogP) is 1.48. The first-order chi connectivity index (χ1) is 7.91. The number of aryl methyl sites for hydroxylation is 2. The Morgan fingerprint density at radius 3 is 2.71 bits per heavy atom. The molecule has 1 fully saturated rings. The summed E-state index contributed by atoms with van der Waals surface area (Å²) < 4.78 is 26.4. The van der Waals surface area contributed by atoms with Crippen LogP contribution < -0.4 is 5.73 Å². The monoisotopic (exact) mass is 274 g/mol. The highest BCUT2D eigenvalue weighted by atomic mass is 32.2. The molecule has 1 aromatic rings. The van der Waals surface area contributed by atoms with Crippen molar-refractivity contribution in [3.05, 3.63) is 15.8 Å². The second-order valence-electron chi connectivity index (χ2n) is 4.54. The number of thiophene rings is 1. The zero-order chi connectivity index (χ0) is 12.6. The molecular formula is C11H18N2O2S2. The number of piperidine rings is 1. The van der Waals surface area contributed by atoms with E-state index < -0.39 is 10.0 Å². The van der Waals surface area contributed by atoms with E-state index in [-0.39, 0.29) is 6.04 Å². The normalized spacial score (nSPS) is 22.9. The summed E-state index contributed by atoms with van der Waals surface area (Å²) in [6, 6.07) is 1.73. The minimum absolute atomic E-state index is 0.0291. The number of sulfonamides is 1. The highest BCUT2D eigenvalue weighted by Crippen LogP contribution is 2.28. The summed E-state index contributed by atoms with van der Waals surface area (Å²) in [6.45, 7) is 4.81. The Morgan fingerprint density at radius 1 is 1.47 bits per heavy atom. The van der Waals surface area contributed by atoms with Gasteiger partial charge >= 0.3 is 0 Å². The van der Waals surface area contributed by atoms with Gasteiger partial charge in [0.2, 0.25) is 10.0 Å². The van der Waals surface area contributed by atoms with Gasteiger partial charge in [-0.2, -0.15) is 4.31 Å². The molecule has 2 N–H and O–H groups in total. The SMILES string of the molecule is Cc1cc(S(=O)(=O)N2CCCC(N)C2)c(C)s1. The summed E-state index contributed by atoms with van der Waals surface area (Å²) >= 11 is 1.52. The Bertz CT molecular complexity index is 508. The minimum Gasteiger partial charge on any atom is -0.327 e. The number of hydrogen-bond donors (Lipinski definition) is 1. The van der Waals surface area contributed by atoms with Crippen LogP contribution in [0.1, 0.15) is 22.6 Å². The van der Waals surface area contributed by atoms with E-state index in [0.717, 1.165) is 22.6 Å². The van der Waals surface area contributed by atoms with Crippen molar-refractivity contribution in [2.45, 2.75) is 37.6 Å². The quantitative estimate of drug-likeness (QED) is 0.888. The zero-order valence-electron chi connectivity index (χ0n) is 10.1. The third kappa shape index (κ3) is 2.54. The zero-order valence-corrected chi connectivity index (χ0v) is 11.8. The molecule has 17 heavy (non-hydrogen) atoms. The van der Waals surface area contributed by atoms with Crippen LogP contribution in [0.25, 0.3) is 0 Å². The summed E-state index contributed by atoms with van der Waals surface area (Å²) in [5.74, 6) is 0. The van der Waals surface area contributed by atoms with Gasteiger partial charge in [0, 0.05) is 28.9 Å². The van der Waals surface area contributed by atoms with Crippen LogP contribution in [0.2, 0.25) is 0 Å². The van der Waals surface area contributed by atoms with E-state index >= 15 is 0 Å². The first-order valence-electron chi connectivity index (χ1n) is 5.74. The topological polar surface area (TPSA) is 63.4 Å². The third-order valence-electron chi connectivity index (χ3n) is 3.03. The summed E-state index contributed by atoms with van der Waals surface area (Å²) in [5.41, 5.74) is 5.84. The largest absolute Gasteiger partial charge is 0.327 e. The molecule has 1 atom stereocenters. The standard InChI is InChI=1S/C11H18N2O2S2/c1-8-6-11(9(2)16-8)17(14,15)13-5-3-4-10(12)7-13/h6,10H,3-5,7,12H2,1-2H3. The van der Waals surface area contributed by atoms with Crippen LogP contribution in [-0.4, -0.2) is 31.9 Å². The lowest BCUT2D eigenvalue weighted by atomic mass is 10.1. The molecule has 2 rings (SSSR count). The van der Waals surface area contributed by atoms with Gasteiger partial charge in [-0.1, -0.05) is 0 Å². The Balaban J connectivity index is 2.33. The van der Waals surface area contributed by atoms with Gasteiger partial charge in [0.1, 0.15) is 0 Å². The van der Waals surface area contributed by atoms with Gasteiger partial charge in [-0.3, -0.25) is 0 Å². The molecule has 1 aliphatic rings. The van der Waals surface area contributed by atoms with Crippen LogP contribution in [0, 0.1) is 13.8 Å². The molecule has 1 unspecified atom stereocenters. The molecule has 0 aliphatic carbocycles. The first kappa shape index (κ1) is 13.0. The van der Waals surface area contributed by atoms with E-state index in [4.69, 9.17) is 5.73 Å². The van der Waals surface area contributed by atoms with Gasteiger partial charge in [0.05, 0.1) is 4.90 Å². The molecule has 2 heterocycles. The van der Waals surface area contributed by atoms with Crippen LogP contribution in [0.15, 0.2) is 11.0 Å². The second-order valence-corrected chi connectivity index (χ2v) is 7.91. The predicted molar refractivity (Wildman–Crippen MR) is 69.8 cm³/mol. The fourth-order valence-corrected chi connectivity index (χ4v) is 5.25. The van der Waals surface area contributed by atoms with Crippen LogP contribution >= 0.6 is 11.3 Å². The van der Waals surface area contributed by atoms with Crippen LogP contribution in [0.5, 0.6) is 0 Å². The summed E-state index contributed by atoms with van der Waals surface area (Å²) in [4.78, 5) is 2.35. The second kappa shape index (κ2) is 4.68. The summed E-state index contributed by atoms with van der Waals surface area (Å²) in [7, 11) is -3.34. The third-order valence-corrected chi connectivity index (χ3v) is 6.12. The fourth-order valence-electron chi connectivity index (χ4n) is 2.19. The number of rotatable bonds is 2. The van der Waals surface area contributed by atoms with Gasteiger partial charge in [-0.25, -0.2) is 8.42 Å². The highest BCUT2D eigenvalue weighted by molar-refractivity contribution is 7.89. The number of hydrogen-bond acceptors (Lipinski definition) is 4. The molecule has 0 aromatic carbocycles. The molecule has 0 saturated carbocycles. The van der Waals surface area contributed by atoms with E-state index in [2.05, 4.69) is 0 Å². The van der Waals surface area contributed by atoms with Crippen molar-refractivity contribution in [1.29, 1.82) is 0 Å². The lowest BCUT2D eigenvalue weighted by Gasteiger charge is -2.29. The van der Waals surface area contributed by atoms with Gasteiger partial charge in [-0.05, 0) is 32.8 Å². The maximum atomic E-state index is 12.4. The molecule has 1 saturated heterocycles. The molecule has 96 valence electrons. The van der Waals surface area contributed by atoms with Crippen LogP contribution in [0.4, 0.5) is 0 Å². The van der Waals surface area contributed by atoms with Crippen molar-refractivity contribution in [2.24, 2.45) is 5.73 Å². The van der Waals surface area contributed by atoms with Gasteiger partial charge in [0.15, 0.2) is 0 Å². The van der Waals surface area contributed by atoms with E-state index in [1.54, 1.807) is 6.07 Å². The summed E-state index contributed by atoms with van der Waals surface area (Å²) in [6.07, 6.45) is 1.76. The van der Waals surface area contributed by atoms with Crippen molar-refractivity contribution >= 4 is 21.4 Å². The van der Waals surface area contributed by atoms with Gasteiger partial charge in [0.25, 0.3) is 0 Å². The van der Waals surface area contributed by atoms with Crippen molar-refractivity contribution in [1.82, 2.24) is 4.31 Å². The summed E-state index contributed by atoms with van der Waals surface area (Å²) in [5, 5.41) is 0. The molecule has 0 bridgehead atoms. The average molecular weight is 274 g/mol. The Hall–Kier alpha value is -0.430. The number of nitrogens with two attached hydrogens (primary N) is 1. The average Bonchev–Trinajstić information content (AvgIpc) is 2.58. The maximum absolute atomic E-state index is 12.4. The van der Waals surface area contributed by atoms with Crippen molar-refractivity contribution in [3.8, 4) is 0 Å². The van der Waals surface area contributed by atoms with E-state index in [0.29, 0.717) is 18.0 Å². The molecule has 0 spiro atoms. The van der Waals surface area contributed by atoms with Crippen molar-refractivity contribution in [2.75, 3.05) is 13.1 Å². The first-order valence-corrected chi connectivity index (χ1v) is 7.99. The van der Waals surface area contributed by atoms with E-state index in [1.807, 2.05) is 13.8 Å². The molecule has 6 heteroatoms. The lowest BCUT2D eigenvalue weighted by Crippen LogP contribution is -2.45. The Labute approximate surface area is 106 Å². The molecule has 0 radical (unpaired) electrons. The highest BCUT2D eigenvalue weighted by Gasteiger charge is 2.30. The lowest BCUT2D eigenvalue weighted by molar-refractivity contribution is 0.316. The smallest absolute Gasteiger partial charge is 0.244 e. The maximum Gasteiger partial charge on any atom is 0.244 e. The molecule has 4 nitrogen and oxygen atoms in total. The molecule has 0 amide bonds. The van der Waals surface area contributed by atoms with Crippen molar-refractivity contribution < 1.29 is 8.42 Å². The van der Waals surface area contributed by atoms with E-state index in [1.165, 1.54) is 15.6 Å². The fraction of sp³-hybridized carbons (Fsp3) is 0.636. The molecular weight excluding hydrogens is 256 g/mol. The number of nitrogens with zero attached hydrogens (tertiary/aromatic N) is 1. The Kier molecular flexibility index (Phi) is 3.58. The van der Waals surface area contributed by atoms with Crippen LogP contribution in [0.3, 0.4) is 0 Å². The van der Waals surface area contributed by atoms with E-state index in [9.17, 15) is 8.42 Å². The van der Waals surface area contributed by atoms with Gasteiger partial charge < -0.3 is 5.73 Å². The van der Waals surface area contributed by atoms with Gasteiger partial charge in [-0.15, -0.1) is 11.3 Å². The van der Waals surface area contributed by atoms with Crippen LogP contribution in [-0.2, 0) is 10.0 Å². The Morgan fingerprint density at radius 2 is 2.18 bits per heavy atom. The van der Waals surface area contributed by atoms with Crippen molar-refractivity contribution in [3.63, 3.8) is 0 Å². The molecule has 1 aromatic heterocycles. The molecule has 1 aliphatic heterocycles.